The van der Waals surface area contributed by atoms with Crippen molar-refractivity contribution in [1.29, 1.82) is 0 Å². The number of hydrogen-bond donors (Lipinski definition) is 0. The molecule has 1 aliphatic heterocycles. The van der Waals surface area contributed by atoms with Crippen LogP contribution < -0.4 is 0 Å². The van der Waals surface area contributed by atoms with Crippen LogP contribution in [0.25, 0.3) is 11.5 Å². The molecule has 35 nitrogen and oxygen atoms in total. The summed E-state index contributed by atoms with van der Waals surface area (Å²) < 4.78 is 127. The minimum Gasteiger partial charge on any atom is -0.425 e. The zero-order chi connectivity index (χ0) is 109. The quantitative estimate of drug-likeness (QED) is 0.148. The molecule has 13 aromatic rings. The first-order valence-corrected chi connectivity index (χ1v) is 48.0. The molecule has 0 bridgehead atoms. The fraction of sp³-hybridized carbons (Fsp3) is 0.650. The maximum Gasteiger partial charge on any atom is 0.470 e. The van der Waals surface area contributed by atoms with E-state index in [1.807, 2.05) is 112 Å². The normalized spacial score (nSPS) is 14.1. The van der Waals surface area contributed by atoms with Gasteiger partial charge in [-0.05, 0) is 80.7 Å². The lowest BCUT2D eigenvalue weighted by atomic mass is 9.88. The molecule has 144 heavy (non-hydrogen) atoms. The van der Waals surface area contributed by atoms with Crippen LogP contribution in [0.1, 0.15) is 449 Å². The molecule has 0 spiro atoms. The van der Waals surface area contributed by atoms with E-state index in [1.165, 1.54) is 49.8 Å². The van der Waals surface area contributed by atoms with Crippen LogP contribution >= 0.6 is 0 Å². The highest BCUT2D eigenvalue weighted by Crippen LogP contribution is 2.43. The zero-order valence-electron chi connectivity index (χ0n) is 92.7. The number of rotatable bonds is 4. The molecule has 14 heterocycles. The summed E-state index contributed by atoms with van der Waals surface area (Å²) >= 11 is 0. The summed E-state index contributed by atoms with van der Waals surface area (Å²) in [5.74, 6) is 10.4. The molecule has 0 aromatic carbocycles. The van der Waals surface area contributed by atoms with Crippen molar-refractivity contribution in [1.82, 2.24) is 112 Å². The van der Waals surface area contributed by atoms with Gasteiger partial charge in [-0.2, -0.15) is 66.4 Å². The molecule has 41 heteroatoms. The van der Waals surface area contributed by atoms with Crippen molar-refractivity contribution in [2.45, 2.75) is 431 Å². The third kappa shape index (κ3) is 44.2. The first kappa shape index (κ1) is 122. The molecule has 0 atom stereocenters. The van der Waals surface area contributed by atoms with Gasteiger partial charge in [0.1, 0.15) is 12.0 Å². The van der Waals surface area contributed by atoms with Crippen LogP contribution in [-0.4, -0.2) is 124 Å². The molecule has 0 amide bonds. The van der Waals surface area contributed by atoms with E-state index in [2.05, 4.69) is 309 Å². The molecule has 3 aliphatic carbocycles. The van der Waals surface area contributed by atoms with Crippen LogP contribution in [0.15, 0.2) is 133 Å². The SMILES string of the molecule is CC(C)(C)C1=NN=CC1.CC(C)(C)c1ccncc1.CC(C)(C)c1ccno1.CC(C)(C)c1ccon1.CC(C)(C)c1nc(C(F)(F)F)no1.CC(C)(C)c1nc(C2CC2)no1.CC(C)(C)c1nnc(C(F)(F)F)o1.CC(C)(C)c1nnc(C2CC2)o1.CC(C)(C)c1noc(-c2ccncc2)n1.CC(C)(C)c1noc(C2CC2)n1.Cc1nc(C(C)(C)C)no1.Cc1nnc(C(C)(C)C)o1.Cc1noc(C(C)(C)C)n1. The van der Waals surface area contributed by atoms with Gasteiger partial charge in [0.25, 0.3) is 11.7 Å². The van der Waals surface area contributed by atoms with Gasteiger partial charge in [0, 0.05) is 152 Å². The van der Waals surface area contributed by atoms with E-state index in [1.54, 1.807) is 80.2 Å². The average Bonchev–Trinajstić information content (AvgIpc) is 1.68. The number of alkyl halides is 6. The van der Waals surface area contributed by atoms with Gasteiger partial charge in [0.2, 0.25) is 58.9 Å². The monoisotopic (exact) mass is 2020 g/mol. The number of halogens is 6. The topological polar surface area (TPSA) is 453 Å². The van der Waals surface area contributed by atoms with E-state index in [9.17, 15) is 26.3 Å². The number of pyridine rings is 2. The Morgan fingerprint density at radius 1 is 0.299 bits per heavy atom. The average molecular weight is 2020 g/mol. The van der Waals surface area contributed by atoms with Gasteiger partial charge in [0.05, 0.1) is 17.6 Å². The van der Waals surface area contributed by atoms with Crippen LogP contribution in [0.2, 0.25) is 0 Å². The standard InChI is InChI=1S/C11H13N3O.3C9H14N2O.C9H13N.2C7H9F3N2O.3C7H12N2O.C7H12N2.2C7H11NO/c1-11(2,3)10-13-9(15-14-10)8-4-6-12-7-5-8;1-9(2,3)8-11-10-7(12-8)6-4-5-6;1-9(2,3)8-10-7(12-11-8)6-4-5-6;1-9(2,3)8-10-7(11-12-8)6-4-5-6;1-9(2,3)8-4-6-10-7-5-8;1-6(2,3)5-11-4(12-13-5)7(8,9)10;1-6(2,3)4-11-12-5(13-4)7(8,9)10;1-5-8-9-6(10-5)7(2,3)4;1-5-8-6(9-10-5)7(2,3)4;1-5-8-6(10-9-5)7(2,3)4;1-7(2,3)6-4-5-8-9-6;1-7(2,3)6-4-5-9-8-6;1-7(2,3)6-4-5-8-9-6/h4-7H,1-3H3;3*6H,4-5H2,1-3H3;4-7H,1-3H3;2*1-3H3;3*1-4H3;5H,4H2,1-3H3;2*4-5H,1-3H3. The Hall–Kier alpha value is -12.1. The van der Waals surface area contributed by atoms with E-state index in [4.69, 9.17) is 40.5 Å². The van der Waals surface area contributed by atoms with Crippen LogP contribution in [0.3, 0.4) is 0 Å². The Bertz CT molecular complexity index is 5490. The number of hydrogen-bond acceptors (Lipinski definition) is 35. The molecule has 13 aromatic heterocycles. The summed E-state index contributed by atoms with van der Waals surface area (Å²) in [5.41, 5.74) is 3.81. The number of aryl methyl sites for hydroxylation is 3. The van der Waals surface area contributed by atoms with Gasteiger partial charge in [0.15, 0.2) is 29.1 Å². The minimum atomic E-state index is -4.56. The summed E-state index contributed by atoms with van der Waals surface area (Å²) in [6.45, 7) is 84.5. The first-order valence-electron chi connectivity index (χ1n) is 48.0. The first-order chi connectivity index (χ1) is 65.6. The predicted octanol–water partition coefficient (Wildman–Crippen LogP) is 27.1. The van der Waals surface area contributed by atoms with Gasteiger partial charge in [-0.1, -0.05) is 311 Å². The second-order valence-electron chi connectivity index (χ2n) is 48.4. The summed E-state index contributed by atoms with van der Waals surface area (Å²) in [6.07, 6.45) is 11.3. The lowest BCUT2D eigenvalue weighted by molar-refractivity contribution is -0.157. The summed E-state index contributed by atoms with van der Waals surface area (Å²) in [5, 5.41) is 59.4. The van der Waals surface area contributed by atoms with Crippen molar-refractivity contribution in [2.24, 2.45) is 15.6 Å². The van der Waals surface area contributed by atoms with Crippen LogP contribution in [0.4, 0.5) is 26.3 Å². The highest BCUT2D eigenvalue weighted by Gasteiger charge is 2.42. The molecule has 3 fully saturated rings. The molecule has 0 radical (unpaired) electrons. The Kier molecular flexibility index (Phi) is 42.2. The molecular formula is C103H156F6N24O11. The van der Waals surface area contributed by atoms with E-state index >= 15 is 0 Å². The smallest absolute Gasteiger partial charge is 0.425 e. The largest absolute Gasteiger partial charge is 0.470 e. The van der Waals surface area contributed by atoms with E-state index < -0.39 is 34.9 Å². The highest BCUT2D eigenvalue weighted by molar-refractivity contribution is 6.01. The molecule has 3 saturated carbocycles. The highest BCUT2D eigenvalue weighted by atomic mass is 19.4. The Morgan fingerprint density at radius 2 is 0.736 bits per heavy atom. The summed E-state index contributed by atoms with van der Waals surface area (Å²) in [4.78, 5) is 32.4. The van der Waals surface area contributed by atoms with E-state index in [-0.39, 0.29) is 71.3 Å². The van der Waals surface area contributed by atoms with Gasteiger partial charge < -0.3 is 49.4 Å². The van der Waals surface area contributed by atoms with E-state index in [0.717, 1.165) is 64.5 Å². The van der Waals surface area contributed by atoms with Gasteiger partial charge in [-0.15, -0.1) is 30.6 Å². The Balaban J connectivity index is 0.000000275. The van der Waals surface area contributed by atoms with Crippen LogP contribution in [0.5, 0.6) is 0 Å². The van der Waals surface area contributed by atoms with Gasteiger partial charge in [-0.25, -0.2) is 0 Å². The molecular weight excluding hydrogens is 1860 g/mol. The predicted molar refractivity (Wildman–Crippen MR) is 534 cm³/mol. The van der Waals surface area contributed by atoms with Crippen molar-refractivity contribution in [3.8, 4) is 11.5 Å². The maximum atomic E-state index is 12.0. The van der Waals surface area contributed by atoms with Crippen molar-refractivity contribution in [3.05, 3.63) is 190 Å². The van der Waals surface area contributed by atoms with Crippen LogP contribution in [-0.2, 0) is 77.3 Å². The zero-order valence-corrected chi connectivity index (χ0v) is 92.7. The van der Waals surface area contributed by atoms with Crippen LogP contribution in [0, 0.1) is 26.2 Å². The summed E-state index contributed by atoms with van der Waals surface area (Å²) in [7, 11) is 0. The Morgan fingerprint density at radius 3 is 1.03 bits per heavy atom. The third-order valence-corrected chi connectivity index (χ3v) is 19.6. The fourth-order valence-electron chi connectivity index (χ4n) is 10.1. The molecule has 0 N–H and O–H groups in total. The number of aromatic nitrogens is 22. The maximum absolute atomic E-state index is 12.0. The molecule has 17 rings (SSSR count). The van der Waals surface area contributed by atoms with E-state index in [0.29, 0.717) is 58.9 Å². The van der Waals surface area contributed by atoms with Crippen molar-refractivity contribution in [3.63, 3.8) is 0 Å². The lowest BCUT2D eigenvalue weighted by Gasteiger charge is -2.17. The molecule has 0 saturated heterocycles. The minimum absolute atomic E-state index is 0.00222. The lowest BCUT2D eigenvalue weighted by Crippen LogP contribution is -2.18. The van der Waals surface area contributed by atoms with Crippen molar-refractivity contribution >= 4 is 11.9 Å². The van der Waals surface area contributed by atoms with Gasteiger partial charge >= 0.3 is 18.2 Å². The second-order valence-corrected chi connectivity index (χ2v) is 48.4. The Labute approximate surface area is 843 Å². The summed E-state index contributed by atoms with van der Waals surface area (Å²) in [6, 6.07) is 11.6. The van der Waals surface area contributed by atoms with Crippen molar-refractivity contribution < 1.29 is 75.8 Å². The molecule has 796 valence electrons. The molecule has 4 aliphatic rings. The fourth-order valence-corrected chi connectivity index (χ4v) is 10.1. The molecule has 0 unspecified atom stereocenters. The number of nitrogens with zero attached hydrogens (tertiary/aromatic N) is 24. The third-order valence-electron chi connectivity index (χ3n) is 19.6. The second kappa shape index (κ2) is 49.7. The van der Waals surface area contributed by atoms with Gasteiger partial charge in [-0.3, -0.25) is 9.97 Å². The van der Waals surface area contributed by atoms with Crippen molar-refractivity contribution in [2.75, 3.05) is 0 Å².